The van der Waals surface area contributed by atoms with Crippen LogP contribution in [-0.2, 0) is 22.4 Å². The van der Waals surface area contributed by atoms with Crippen LogP contribution in [0.2, 0.25) is 0 Å². The number of carbonyl (C=O) groups is 3. The van der Waals surface area contributed by atoms with Crippen LogP contribution in [0.1, 0.15) is 77.8 Å². The first kappa shape index (κ1) is 30.3. The van der Waals surface area contributed by atoms with E-state index in [1.54, 1.807) is 24.3 Å². The van der Waals surface area contributed by atoms with E-state index in [4.69, 9.17) is 14.5 Å². The summed E-state index contributed by atoms with van der Waals surface area (Å²) in [7, 11) is 1.28. The number of rotatable bonds is 8. The number of nitrogens with one attached hydrogen (secondary N) is 2. The van der Waals surface area contributed by atoms with Gasteiger partial charge >= 0.3 is 12.1 Å². The fourth-order valence-electron chi connectivity index (χ4n) is 4.36. The average molecular weight is 546 g/mol. The molecule has 0 atom stereocenters. The van der Waals surface area contributed by atoms with E-state index >= 15 is 0 Å². The number of aromatic nitrogens is 1. The Morgan fingerprint density at radius 1 is 0.950 bits per heavy atom. The van der Waals surface area contributed by atoms with Crippen molar-refractivity contribution in [2.75, 3.05) is 12.4 Å². The number of pyridine rings is 1. The van der Waals surface area contributed by atoms with Crippen molar-refractivity contribution < 1.29 is 23.9 Å². The normalized spacial score (nSPS) is 11.2. The van der Waals surface area contributed by atoms with Gasteiger partial charge in [-0.05, 0) is 64.7 Å². The summed E-state index contributed by atoms with van der Waals surface area (Å²) in [6, 6.07) is 14.5. The highest BCUT2D eigenvalue weighted by atomic mass is 16.6. The third-order valence-electron chi connectivity index (χ3n) is 6.13. The van der Waals surface area contributed by atoms with Crippen molar-refractivity contribution in [2.45, 2.75) is 67.0 Å². The van der Waals surface area contributed by atoms with Gasteiger partial charge in [0.1, 0.15) is 5.60 Å². The second-order valence-electron chi connectivity index (χ2n) is 11.2. The highest BCUT2D eigenvalue weighted by Crippen LogP contribution is 2.37. The van der Waals surface area contributed by atoms with E-state index in [0.717, 1.165) is 27.9 Å². The molecule has 3 aromatic rings. The van der Waals surface area contributed by atoms with Crippen LogP contribution in [-0.4, -0.2) is 35.7 Å². The minimum absolute atomic E-state index is 0.148. The molecule has 8 nitrogen and oxygen atoms in total. The Kier molecular flexibility index (Phi) is 9.69. The van der Waals surface area contributed by atoms with Crippen molar-refractivity contribution in [3.05, 3.63) is 82.2 Å². The van der Waals surface area contributed by atoms with Crippen LogP contribution in [0.5, 0.6) is 0 Å². The van der Waals surface area contributed by atoms with Gasteiger partial charge in [0.15, 0.2) is 0 Å². The quantitative estimate of drug-likeness (QED) is 0.308. The molecule has 1 heterocycles. The van der Waals surface area contributed by atoms with Crippen LogP contribution >= 0.6 is 0 Å². The van der Waals surface area contributed by atoms with E-state index in [2.05, 4.69) is 24.5 Å². The maximum absolute atomic E-state index is 13.6. The van der Waals surface area contributed by atoms with Crippen molar-refractivity contribution >= 4 is 23.7 Å². The van der Waals surface area contributed by atoms with Gasteiger partial charge in [-0.25, -0.2) is 9.59 Å². The Bertz CT molecular complexity index is 1390. The standard InChI is InChI=1S/C32H39N3O5/c1-19(2)17-26-25(18-33-31(38)40-32(5,6)7)27(22-15-13-20(3)14-16-22)28(21(4)34-26)35-29(36)23-11-9-10-12-24(23)30(37)39-8/h9-16,19H,17-18H2,1-8H3,(H,33,38)(H,35,36). The SMILES string of the molecule is COC(=O)c1ccccc1C(=O)Nc1c(C)nc(CC(C)C)c(CNC(=O)OC(C)(C)C)c1-c1ccc(C)cc1. The monoisotopic (exact) mass is 545 g/mol. The van der Waals surface area contributed by atoms with Crippen molar-refractivity contribution in [1.82, 2.24) is 10.3 Å². The molecule has 2 amide bonds. The molecule has 2 N–H and O–H groups in total. The van der Waals surface area contributed by atoms with E-state index in [-0.39, 0.29) is 17.7 Å². The number of ether oxygens (including phenoxy) is 2. The smallest absolute Gasteiger partial charge is 0.407 e. The van der Waals surface area contributed by atoms with Gasteiger partial charge in [-0.3, -0.25) is 9.78 Å². The number of hydrogen-bond acceptors (Lipinski definition) is 6. The minimum Gasteiger partial charge on any atom is -0.465 e. The zero-order chi connectivity index (χ0) is 29.6. The number of nitrogens with zero attached hydrogens (tertiary/aromatic N) is 1. The van der Waals surface area contributed by atoms with Gasteiger partial charge in [-0.1, -0.05) is 55.8 Å². The number of benzene rings is 2. The van der Waals surface area contributed by atoms with Gasteiger partial charge in [0.05, 0.1) is 29.6 Å². The molecule has 212 valence electrons. The summed E-state index contributed by atoms with van der Waals surface area (Å²) in [5.74, 6) is -0.777. The fraction of sp³-hybridized carbons (Fsp3) is 0.375. The minimum atomic E-state index is -0.650. The van der Waals surface area contributed by atoms with Crippen molar-refractivity contribution in [1.29, 1.82) is 0 Å². The first-order valence-electron chi connectivity index (χ1n) is 13.4. The van der Waals surface area contributed by atoms with Gasteiger partial charge in [0.2, 0.25) is 0 Å². The molecular weight excluding hydrogens is 506 g/mol. The second kappa shape index (κ2) is 12.8. The summed E-state index contributed by atoms with van der Waals surface area (Å²) in [6.45, 7) is 13.6. The molecule has 3 rings (SSSR count). The molecule has 0 aliphatic carbocycles. The van der Waals surface area contributed by atoms with Crippen molar-refractivity contribution in [2.24, 2.45) is 5.92 Å². The highest BCUT2D eigenvalue weighted by Gasteiger charge is 2.25. The molecule has 0 bridgehead atoms. The average Bonchev–Trinajstić information content (AvgIpc) is 2.88. The Labute approximate surface area is 236 Å². The summed E-state index contributed by atoms with van der Waals surface area (Å²) in [6.07, 6.45) is 0.126. The molecule has 1 aromatic heterocycles. The Hall–Kier alpha value is -4.20. The molecule has 0 fully saturated rings. The third-order valence-corrected chi connectivity index (χ3v) is 6.13. The van der Waals surface area contributed by atoms with Gasteiger partial charge < -0.3 is 20.1 Å². The lowest BCUT2D eigenvalue weighted by Crippen LogP contribution is -2.32. The lowest BCUT2D eigenvalue weighted by Gasteiger charge is -2.24. The summed E-state index contributed by atoms with van der Waals surface area (Å²) < 4.78 is 10.4. The maximum atomic E-state index is 13.6. The number of aryl methyl sites for hydroxylation is 2. The summed E-state index contributed by atoms with van der Waals surface area (Å²) in [5, 5.41) is 5.90. The van der Waals surface area contributed by atoms with E-state index < -0.39 is 23.6 Å². The molecule has 40 heavy (non-hydrogen) atoms. The van der Waals surface area contributed by atoms with E-state index in [0.29, 0.717) is 23.7 Å². The summed E-state index contributed by atoms with van der Waals surface area (Å²) >= 11 is 0. The number of anilines is 1. The lowest BCUT2D eigenvalue weighted by atomic mass is 9.92. The summed E-state index contributed by atoms with van der Waals surface area (Å²) in [4.78, 5) is 43.5. The molecule has 0 unspecified atom stereocenters. The molecular formula is C32H39N3O5. The van der Waals surface area contributed by atoms with Crippen LogP contribution in [0.3, 0.4) is 0 Å². The maximum Gasteiger partial charge on any atom is 0.407 e. The highest BCUT2D eigenvalue weighted by molar-refractivity contribution is 6.12. The number of esters is 1. The molecule has 8 heteroatoms. The van der Waals surface area contributed by atoms with Crippen molar-refractivity contribution in [3.63, 3.8) is 0 Å². The zero-order valence-corrected chi connectivity index (χ0v) is 24.6. The Morgan fingerprint density at radius 3 is 2.15 bits per heavy atom. The van der Waals surface area contributed by atoms with Gasteiger partial charge in [0.25, 0.3) is 5.91 Å². The molecule has 0 spiro atoms. The number of carbonyl (C=O) groups excluding carboxylic acids is 3. The van der Waals surface area contributed by atoms with E-state index in [1.807, 2.05) is 58.9 Å². The van der Waals surface area contributed by atoms with Crippen LogP contribution in [0.4, 0.5) is 10.5 Å². The van der Waals surface area contributed by atoms with Crippen LogP contribution in [0.15, 0.2) is 48.5 Å². The van der Waals surface area contributed by atoms with Crippen LogP contribution in [0, 0.1) is 19.8 Å². The fourth-order valence-corrected chi connectivity index (χ4v) is 4.36. The van der Waals surface area contributed by atoms with Gasteiger partial charge in [0, 0.05) is 23.4 Å². The van der Waals surface area contributed by atoms with Crippen molar-refractivity contribution in [3.8, 4) is 11.1 Å². The molecule has 0 saturated heterocycles. The predicted octanol–water partition coefficient (Wildman–Crippen LogP) is 6.63. The van der Waals surface area contributed by atoms with E-state index in [9.17, 15) is 14.4 Å². The molecule has 2 aromatic carbocycles. The molecule has 0 saturated carbocycles. The first-order chi connectivity index (χ1) is 18.8. The number of alkyl carbamates (subject to hydrolysis) is 1. The Morgan fingerprint density at radius 2 is 1.57 bits per heavy atom. The van der Waals surface area contributed by atoms with Crippen LogP contribution < -0.4 is 10.6 Å². The second-order valence-corrected chi connectivity index (χ2v) is 11.2. The Balaban J connectivity index is 2.19. The molecule has 0 radical (unpaired) electrons. The lowest BCUT2D eigenvalue weighted by molar-refractivity contribution is 0.0522. The number of hydrogen-bond donors (Lipinski definition) is 2. The number of methoxy groups -OCH3 is 1. The predicted molar refractivity (Wildman–Crippen MR) is 156 cm³/mol. The van der Waals surface area contributed by atoms with Crippen LogP contribution in [0.25, 0.3) is 11.1 Å². The summed E-state index contributed by atoms with van der Waals surface area (Å²) in [5.41, 5.74) is 5.12. The zero-order valence-electron chi connectivity index (χ0n) is 24.6. The molecule has 0 aliphatic heterocycles. The van der Waals surface area contributed by atoms with Gasteiger partial charge in [-0.2, -0.15) is 0 Å². The topological polar surface area (TPSA) is 107 Å². The number of amides is 2. The van der Waals surface area contributed by atoms with E-state index in [1.165, 1.54) is 7.11 Å². The molecule has 0 aliphatic rings. The largest absolute Gasteiger partial charge is 0.465 e. The third kappa shape index (κ3) is 7.68. The first-order valence-corrected chi connectivity index (χ1v) is 13.4. The van der Waals surface area contributed by atoms with Gasteiger partial charge in [-0.15, -0.1) is 0 Å².